The molecule has 0 bridgehead atoms. The van der Waals surface area contributed by atoms with E-state index in [0.29, 0.717) is 22.6 Å². The van der Waals surface area contributed by atoms with Crippen LogP contribution in [0.1, 0.15) is 27.0 Å². The van der Waals surface area contributed by atoms with Crippen molar-refractivity contribution < 1.29 is 18.4 Å². The molecule has 2 amide bonds. The van der Waals surface area contributed by atoms with E-state index in [9.17, 15) is 18.4 Å². The van der Waals surface area contributed by atoms with Crippen LogP contribution in [0.15, 0.2) is 66.7 Å². The summed E-state index contributed by atoms with van der Waals surface area (Å²) >= 11 is 6.25. The molecule has 0 aliphatic carbocycles. The van der Waals surface area contributed by atoms with E-state index in [1.54, 1.807) is 31.3 Å². The van der Waals surface area contributed by atoms with Crippen molar-refractivity contribution in [1.29, 1.82) is 0 Å². The van der Waals surface area contributed by atoms with Crippen molar-refractivity contribution in [3.05, 3.63) is 106 Å². The van der Waals surface area contributed by atoms with E-state index < -0.39 is 17.7 Å². The lowest BCUT2D eigenvalue weighted by molar-refractivity contribution is -0.135. The zero-order valence-corrected chi connectivity index (χ0v) is 18.2. The quantitative estimate of drug-likeness (QED) is 0.565. The van der Waals surface area contributed by atoms with Gasteiger partial charge in [-0.05, 0) is 41.0 Å². The van der Waals surface area contributed by atoms with E-state index in [0.717, 1.165) is 23.3 Å². The first-order valence-corrected chi connectivity index (χ1v) is 10.5. The number of amides is 2. The first kappa shape index (κ1) is 22.0. The van der Waals surface area contributed by atoms with Crippen molar-refractivity contribution in [2.45, 2.75) is 25.6 Å². The number of rotatable bonds is 4. The molecule has 164 valence electrons. The second kappa shape index (κ2) is 9.09. The second-order valence-electron chi connectivity index (χ2n) is 7.84. The molecule has 0 fully saturated rings. The minimum Gasteiger partial charge on any atom is -0.340 e. The summed E-state index contributed by atoms with van der Waals surface area (Å²) in [6, 6.07) is 17.2. The summed E-state index contributed by atoms with van der Waals surface area (Å²) in [7, 11) is 1.59. The van der Waals surface area contributed by atoms with Crippen molar-refractivity contribution >= 4 is 23.4 Å². The van der Waals surface area contributed by atoms with Gasteiger partial charge in [-0.15, -0.1) is 0 Å². The molecule has 1 aliphatic heterocycles. The Kier molecular flexibility index (Phi) is 6.24. The van der Waals surface area contributed by atoms with Crippen LogP contribution in [-0.4, -0.2) is 34.7 Å². The van der Waals surface area contributed by atoms with Crippen molar-refractivity contribution in [1.82, 2.24) is 9.80 Å². The summed E-state index contributed by atoms with van der Waals surface area (Å²) in [6.45, 7) is 0.359. The van der Waals surface area contributed by atoms with Crippen LogP contribution in [0.5, 0.6) is 0 Å². The molecule has 1 atom stereocenters. The number of hydrogen-bond acceptors (Lipinski definition) is 2. The molecular formula is C25H21ClF2N2O2. The molecule has 0 saturated carbocycles. The standard InChI is InChI=1S/C25H21ClF2N2O2/c1-29(14-16-10-11-21(27)22(28)12-16)25(32)23-13-17-6-2-3-7-18(17)15-30(23)24(31)19-8-4-5-9-20(19)26/h2-12,23H,13-15H2,1H3. The minimum absolute atomic E-state index is 0.0856. The lowest BCUT2D eigenvalue weighted by Crippen LogP contribution is -2.52. The minimum atomic E-state index is -0.967. The maximum absolute atomic E-state index is 13.6. The van der Waals surface area contributed by atoms with Gasteiger partial charge in [0.05, 0.1) is 10.6 Å². The third-order valence-electron chi connectivity index (χ3n) is 5.68. The topological polar surface area (TPSA) is 40.6 Å². The van der Waals surface area contributed by atoms with Crippen LogP contribution in [0.25, 0.3) is 0 Å². The third kappa shape index (κ3) is 4.36. The maximum atomic E-state index is 13.6. The zero-order chi connectivity index (χ0) is 22.8. The van der Waals surface area contributed by atoms with Crippen LogP contribution in [-0.2, 0) is 24.3 Å². The number of halogens is 3. The lowest BCUT2D eigenvalue weighted by Gasteiger charge is -2.38. The summed E-state index contributed by atoms with van der Waals surface area (Å²) in [5, 5.41) is 0.317. The highest BCUT2D eigenvalue weighted by atomic mass is 35.5. The van der Waals surface area contributed by atoms with Gasteiger partial charge in [0, 0.05) is 26.6 Å². The summed E-state index contributed by atoms with van der Waals surface area (Å²) in [5.74, 6) is -2.53. The fourth-order valence-corrected chi connectivity index (χ4v) is 4.21. The van der Waals surface area contributed by atoms with E-state index in [1.165, 1.54) is 15.9 Å². The van der Waals surface area contributed by atoms with E-state index in [1.807, 2.05) is 24.3 Å². The van der Waals surface area contributed by atoms with E-state index in [-0.39, 0.29) is 24.9 Å². The Morgan fingerprint density at radius 3 is 2.41 bits per heavy atom. The first-order chi connectivity index (χ1) is 15.3. The maximum Gasteiger partial charge on any atom is 0.256 e. The molecule has 3 aromatic rings. The molecule has 4 rings (SSSR count). The van der Waals surface area contributed by atoms with Crippen molar-refractivity contribution in [3.63, 3.8) is 0 Å². The molecule has 7 heteroatoms. The Hall–Kier alpha value is -3.25. The smallest absolute Gasteiger partial charge is 0.256 e. The third-order valence-corrected chi connectivity index (χ3v) is 6.01. The Morgan fingerprint density at radius 2 is 1.69 bits per heavy atom. The summed E-state index contributed by atoms with van der Waals surface area (Å²) in [6.07, 6.45) is 0.354. The van der Waals surface area contributed by atoms with Gasteiger partial charge in [-0.1, -0.05) is 54.1 Å². The number of carbonyl (C=O) groups excluding carboxylic acids is 2. The molecule has 1 heterocycles. The van der Waals surface area contributed by atoms with E-state index in [2.05, 4.69) is 0 Å². The van der Waals surface area contributed by atoms with Gasteiger partial charge in [-0.2, -0.15) is 0 Å². The van der Waals surface area contributed by atoms with Gasteiger partial charge in [-0.25, -0.2) is 8.78 Å². The molecule has 1 unspecified atom stereocenters. The van der Waals surface area contributed by atoms with Crippen LogP contribution in [0.4, 0.5) is 8.78 Å². The molecule has 0 radical (unpaired) electrons. The molecule has 3 aromatic carbocycles. The highest BCUT2D eigenvalue weighted by molar-refractivity contribution is 6.33. The SMILES string of the molecule is CN(Cc1ccc(F)c(F)c1)C(=O)C1Cc2ccccc2CN1C(=O)c1ccccc1Cl. The van der Waals surface area contributed by atoms with Gasteiger partial charge >= 0.3 is 0 Å². The number of hydrogen-bond donors (Lipinski definition) is 0. The molecular weight excluding hydrogens is 434 g/mol. The second-order valence-corrected chi connectivity index (χ2v) is 8.25. The zero-order valence-electron chi connectivity index (χ0n) is 17.4. The molecule has 0 N–H and O–H groups in total. The Morgan fingerprint density at radius 1 is 1.00 bits per heavy atom. The van der Waals surface area contributed by atoms with Crippen LogP contribution < -0.4 is 0 Å². The van der Waals surface area contributed by atoms with Gasteiger partial charge in [-0.3, -0.25) is 9.59 Å². The highest BCUT2D eigenvalue weighted by Gasteiger charge is 2.37. The average Bonchev–Trinajstić information content (AvgIpc) is 2.80. The number of likely N-dealkylation sites (N-methyl/N-ethyl adjacent to an activating group) is 1. The van der Waals surface area contributed by atoms with Gasteiger partial charge < -0.3 is 9.80 Å². The van der Waals surface area contributed by atoms with E-state index in [4.69, 9.17) is 11.6 Å². The summed E-state index contributed by atoms with van der Waals surface area (Å²) < 4.78 is 26.9. The Balaban J connectivity index is 1.63. The molecule has 0 spiro atoms. The largest absolute Gasteiger partial charge is 0.340 e. The molecule has 4 nitrogen and oxygen atoms in total. The normalized spacial score (nSPS) is 15.2. The number of benzene rings is 3. The Bertz CT molecular complexity index is 1180. The molecule has 0 aromatic heterocycles. The van der Waals surface area contributed by atoms with Crippen molar-refractivity contribution in [3.8, 4) is 0 Å². The number of carbonyl (C=O) groups is 2. The monoisotopic (exact) mass is 454 g/mol. The van der Waals surface area contributed by atoms with Crippen LogP contribution in [0.3, 0.4) is 0 Å². The average molecular weight is 455 g/mol. The first-order valence-electron chi connectivity index (χ1n) is 10.2. The number of fused-ring (bicyclic) bond motifs is 1. The summed E-state index contributed by atoms with van der Waals surface area (Å²) in [4.78, 5) is 29.8. The predicted octanol–water partition coefficient (Wildman–Crippen LogP) is 4.84. The van der Waals surface area contributed by atoms with Crippen molar-refractivity contribution in [2.24, 2.45) is 0 Å². The Labute approximate surface area is 190 Å². The van der Waals surface area contributed by atoms with Crippen LogP contribution in [0, 0.1) is 11.6 Å². The molecule has 0 saturated heterocycles. The van der Waals surface area contributed by atoms with Crippen LogP contribution in [0.2, 0.25) is 5.02 Å². The fourth-order valence-electron chi connectivity index (χ4n) is 3.99. The lowest BCUT2D eigenvalue weighted by atomic mass is 9.92. The van der Waals surface area contributed by atoms with Crippen LogP contribution >= 0.6 is 11.6 Å². The fraction of sp³-hybridized carbons (Fsp3) is 0.200. The van der Waals surface area contributed by atoms with Gasteiger partial charge in [0.1, 0.15) is 6.04 Å². The van der Waals surface area contributed by atoms with Gasteiger partial charge in [0.2, 0.25) is 5.91 Å². The predicted molar refractivity (Wildman–Crippen MR) is 118 cm³/mol. The molecule has 32 heavy (non-hydrogen) atoms. The van der Waals surface area contributed by atoms with Crippen molar-refractivity contribution in [2.75, 3.05) is 7.05 Å². The highest BCUT2D eigenvalue weighted by Crippen LogP contribution is 2.28. The molecule has 1 aliphatic rings. The van der Waals surface area contributed by atoms with Gasteiger partial charge in [0.15, 0.2) is 11.6 Å². The van der Waals surface area contributed by atoms with E-state index >= 15 is 0 Å². The van der Waals surface area contributed by atoms with Gasteiger partial charge in [0.25, 0.3) is 5.91 Å². The summed E-state index contributed by atoms with van der Waals surface area (Å²) in [5.41, 5.74) is 2.75. The number of nitrogens with zero attached hydrogens (tertiary/aromatic N) is 2.